The van der Waals surface area contributed by atoms with Gasteiger partial charge in [0.15, 0.2) is 5.78 Å². The van der Waals surface area contributed by atoms with Gasteiger partial charge in [-0.3, -0.25) is 4.79 Å². The fraction of sp³-hybridized carbons (Fsp3) is 0.571. The molecule has 0 spiro atoms. The molecule has 2 nitrogen and oxygen atoms in total. The first-order valence-corrected chi connectivity index (χ1v) is 9.32. The monoisotopic (exact) mass is 311 g/mol. The van der Waals surface area contributed by atoms with Gasteiger partial charge in [0.05, 0.1) is 0 Å². The van der Waals surface area contributed by atoms with Crippen LogP contribution in [0.4, 0.5) is 0 Å². The van der Waals surface area contributed by atoms with Gasteiger partial charge in [-0.2, -0.15) is 0 Å². The quantitative estimate of drug-likeness (QED) is 0.754. The molecule has 0 N–H and O–H groups in total. The molecule has 1 heterocycles. The summed E-state index contributed by atoms with van der Waals surface area (Å²) in [6.45, 7) is 3.60. The van der Waals surface area contributed by atoms with Gasteiger partial charge in [0, 0.05) is 13.0 Å². The Morgan fingerprint density at radius 3 is 2.57 bits per heavy atom. The van der Waals surface area contributed by atoms with Crippen LogP contribution in [0.25, 0.3) is 6.08 Å². The van der Waals surface area contributed by atoms with Crippen LogP contribution in [0.3, 0.4) is 0 Å². The Morgan fingerprint density at radius 1 is 1.00 bits per heavy atom. The number of rotatable bonds is 3. The molecule has 2 fully saturated rings. The van der Waals surface area contributed by atoms with Crippen LogP contribution in [0, 0.1) is 5.92 Å². The van der Waals surface area contributed by atoms with Gasteiger partial charge in [-0.05, 0) is 68.3 Å². The van der Waals surface area contributed by atoms with Gasteiger partial charge in [-0.1, -0.05) is 43.2 Å². The van der Waals surface area contributed by atoms with E-state index >= 15 is 0 Å². The van der Waals surface area contributed by atoms with Crippen molar-refractivity contribution in [1.82, 2.24) is 4.90 Å². The highest BCUT2D eigenvalue weighted by Crippen LogP contribution is 2.26. The summed E-state index contributed by atoms with van der Waals surface area (Å²) in [7, 11) is 0. The third-order valence-electron chi connectivity index (χ3n) is 5.25. The molecule has 1 unspecified atom stereocenters. The van der Waals surface area contributed by atoms with Crippen molar-refractivity contribution in [2.45, 2.75) is 51.4 Å². The van der Waals surface area contributed by atoms with Gasteiger partial charge in [0.2, 0.25) is 0 Å². The highest BCUT2D eigenvalue weighted by atomic mass is 16.1. The molecular weight excluding hydrogens is 282 g/mol. The second kappa shape index (κ2) is 8.44. The van der Waals surface area contributed by atoms with Crippen molar-refractivity contribution in [2.24, 2.45) is 5.92 Å². The highest BCUT2D eigenvalue weighted by Gasteiger charge is 2.22. The van der Waals surface area contributed by atoms with Crippen LogP contribution < -0.4 is 0 Å². The zero-order chi connectivity index (χ0) is 15.9. The SMILES string of the molecule is O=C1CC(CN2CCCCC2)CCCC/C1=C/c1ccccc1. The number of likely N-dealkylation sites (tertiary alicyclic amines) is 1. The number of Topliss-reactive ketones (excluding diaryl/α,β-unsaturated/α-hetero) is 1. The Kier molecular flexibility index (Phi) is 6.04. The van der Waals surface area contributed by atoms with E-state index < -0.39 is 0 Å². The summed E-state index contributed by atoms with van der Waals surface area (Å²) in [5, 5.41) is 0. The van der Waals surface area contributed by atoms with E-state index in [4.69, 9.17) is 0 Å². The third kappa shape index (κ3) is 5.04. The van der Waals surface area contributed by atoms with Crippen LogP contribution in [0.15, 0.2) is 35.9 Å². The molecular formula is C21H29NO. The Hall–Kier alpha value is -1.41. The second-order valence-electron chi connectivity index (χ2n) is 7.18. The van der Waals surface area contributed by atoms with Crippen LogP contribution in [0.2, 0.25) is 0 Å². The average Bonchev–Trinajstić information content (AvgIpc) is 2.58. The number of hydrogen-bond acceptors (Lipinski definition) is 2. The lowest BCUT2D eigenvalue weighted by molar-refractivity contribution is -0.117. The highest BCUT2D eigenvalue weighted by molar-refractivity contribution is 5.99. The van der Waals surface area contributed by atoms with E-state index in [-0.39, 0.29) is 0 Å². The standard InChI is InChI=1S/C21H29NO/c23-21-16-19(17-22-13-7-2-8-14-22)11-5-6-12-20(21)15-18-9-3-1-4-10-18/h1,3-4,9-10,15,19H,2,5-8,11-14,16-17H2/b20-15-. The van der Waals surface area contributed by atoms with E-state index in [0.717, 1.165) is 36.9 Å². The van der Waals surface area contributed by atoms with Gasteiger partial charge >= 0.3 is 0 Å². The lowest BCUT2D eigenvalue weighted by Crippen LogP contribution is -2.35. The van der Waals surface area contributed by atoms with Crippen LogP contribution in [-0.2, 0) is 4.79 Å². The fourth-order valence-electron chi connectivity index (χ4n) is 3.95. The number of carbonyl (C=O) groups excluding carboxylic acids is 1. The smallest absolute Gasteiger partial charge is 0.159 e. The van der Waals surface area contributed by atoms with E-state index in [1.807, 2.05) is 18.2 Å². The van der Waals surface area contributed by atoms with Gasteiger partial charge in [-0.25, -0.2) is 0 Å². The molecule has 1 aromatic carbocycles. The predicted molar refractivity (Wildman–Crippen MR) is 96.3 cm³/mol. The molecule has 2 aliphatic rings. The van der Waals surface area contributed by atoms with Crippen molar-refractivity contribution in [3.63, 3.8) is 0 Å². The molecule has 124 valence electrons. The van der Waals surface area contributed by atoms with Crippen molar-refractivity contribution in [3.05, 3.63) is 41.5 Å². The molecule has 1 aliphatic heterocycles. The molecule has 0 bridgehead atoms. The number of hydrogen-bond donors (Lipinski definition) is 0. The normalized spacial score (nSPS) is 26.0. The first-order chi connectivity index (χ1) is 11.3. The van der Waals surface area contributed by atoms with Crippen molar-refractivity contribution >= 4 is 11.9 Å². The number of piperidine rings is 1. The van der Waals surface area contributed by atoms with Gasteiger partial charge in [0.1, 0.15) is 0 Å². The molecule has 0 aromatic heterocycles. The number of carbonyl (C=O) groups is 1. The fourth-order valence-corrected chi connectivity index (χ4v) is 3.95. The lowest BCUT2D eigenvalue weighted by Gasteiger charge is -2.31. The van der Waals surface area contributed by atoms with E-state index in [0.29, 0.717) is 11.7 Å². The minimum Gasteiger partial charge on any atom is -0.303 e. The Balaban J connectivity index is 1.64. The van der Waals surface area contributed by atoms with Crippen molar-refractivity contribution in [1.29, 1.82) is 0 Å². The minimum absolute atomic E-state index is 0.385. The Labute approximate surface area is 140 Å². The zero-order valence-corrected chi connectivity index (χ0v) is 14.2. The van der Waals surface area contributed by atoms with Crippen LogP contribution >= 0.6 is 0 Å². The van der Waals surface area contributed by atoms with E-state index in [1.54, 1.807) is 0 Å². The van der Waals surface area contributed by atoms with Crippen LogP contribution in [0.1, 0.15) is 56.9 Å². The molecule has 23 heavy (non-hydrogen) atoms. The average molecular weight is 311 g/mol. The first kappa shape index (κ1) is 16.4. The van der Waals surface area contributed by atoms with E-state index in [2.05, 4.69) is 23.1 Å². The number of benzene rings is 1. The molecule has 1 atom stereocenters. The van der Waals surface area contributed by atoms with Crippen LogP contribution in [-0.4, -0.2) is 30.3 Å². The summed E-state index contributed by atoms with van der Waals surface area (Å²) in [4.78, 5) is 15.3. The number of nitrogens with zero attached hydrogens (tertiary/aromatic N) is 1. The van der Waals surface area contributed by atoms with Gasteiger partial charge in [-0.15, -0.1) is 0 Å². The number of allylic oxidation sites excluding steroid dienone is 1. The molecule has 0 amide bonds. The molecule has 1 aromatic rings. The summed E-state index contributed by atoms with van der Waals surface area (Å²) in [6, 6.07) is 10.3. The predicted octanol–water partition coefficient (Wildman–Crippen LogP) is 4.71. The Bertz CT molecular complexity index is 528. The molecule has 1 saturated carbocycles. The first-order valence-electron chi connectivity index (χ1n) is 9.32. The molecule has 3 rings (SSSR count). The summed E-state index contributed by atoms with van der Waals surface area (Å²) in [5.74, 6) is 0.940. The molecule has 1 saturated heterocycles. The maximum Gasteiger partial charge on any atom is 0.159 e. The van der Waals surface area contributed by atoms with Gasteiger partial charge in [0.25, 0.3) is 0 Å². The zero-order valence-electron chi connectivity index (χ0n) is 14.2. The molecule has 1 aliphatic carbocycles. The molecule has 0 radical (unpaired) electrons. The summed E-state index contributed by atoms with van der Waals surface area (Å²) in [5.41, 5.74) is 2.20. The molecule has 2 heteroatoms. The van der Waals surface area contributed by atoms with E-state index in [9.17, 15) is 4.79 Å². The number of ketones is 1. The van der Waals surface area contributed by atoms with Crippen LogP contribution in [0.5, 0.6) is 0 Å². The van der Waals surface area contributed by atoms with Crippen molar-refractivity contribution in [2.75, 3.05) is 19.6 Å². The summed E-state index contributed by atoms with van der Waals surface area (Å²) >= 11 is 0. The van der Waals surface area contributed by atoms with Crippen molar-refractivity contribution in [3.8, 4) is 0 Å². The third-order valence-corrected chi connectivity index (χ3v) is 5.25. The summed E-state index contributed by atoms with van der Waals surface area (Å²) in [6.07, 6.45) is 11.5. The lowest BCUT2D eigenvalue weighted by atomic mass is 9.86. The van der Waals surface area contributed by atoms with Crippen molar-refractivity contribution < 1.29 is 4.79 Å². The Morgan fingerprint density at radius 2 is 1.78 bits per heavy atom. The summed E-state index contributed by atoms with van der Waals surface area (Å²) < 4.78 is 0. The second-order valence-corrected chi connectivity index (χ2v) is 7.18. The maximum atomic E-state index is 12.7. The minimum atomic E-state index is 0.385. The van der Waals surface area contributed by atoms with E-state index in [1.165, 1.54) is 45.2 Å². The topological polar surface area (TPSA) is 20.3 Å². The maximum absolute atomic E-state index is 12.7. The van der Waals surface area contributed by atoms with Gasteiger partial charge < -0.3 is 4.90 Å². The largest absolute Gasteiger partial charge is 0.303 e.